The van der Waals surface area contributed by atoms with Gasteiger partial charge in [0.15, 0.2) is 0 Å². The molecule has 0 saturated carbocycles. The van der Waals surface area contributed by atoms with Gasteiger partial charge in [-0.05, 0) is 35.9 Å². The van der Waals surface area contributed by atoms with Gasteiger partial charge in [0.2, 0.25) is 0 Å². The van der Waals surface area contributed by atoms with Gasteiger partial charge in [-0.3, -0.25) is 0 Å². The molecule has 5 heteroatoms. The molecule has 0 spiro atoms. The van der Waals surface area contributed by atoms with Gasteiger partial charge in [-0.15, -0.1) is 11.3 Å². The van der Waals surface area contributed by atoms with E-state index < -0.39 is 0 Å². The average molecular weight is 312 g/mol. The fourth-order valence-corrected chi connectivity index (χ4v) is 3.70. The zero-order chi connectivity index (χ0) is 14.9. The molecule has 0 unspecified atom stereocenters. The SMILES string of the molecule is COc1ccc2c(c1)OC[C@H](Cc1ncnc3sccc13)C2. The molecule has 112 valence electrons. The molecule has 1 atom stereocenters. The second-order valence-electron chi connectivity index (χ2n) is 5.52. The van der Waals surface area contributed by atoms with Gasteiger partial charge in [0, 0.05) is 17.4 Å². The van der Waals surface area contributed by atoms with Crippen LogP contribution in [0.4, 0.5) is 0 Å². The molecule has 0 aliphatic carbocycles. The molecule has 0 amide bonds. The fourth-order valence-electron chi connectivity index (χ4n) is 2.95. The number of ether oxygens (including phenoxy) is 2. The van der Waals surface area contributed by atoms with Gasteiger partial charge >= 0.3 is 0 Å². The zero-order valence-electron chi connectivity index (χ0n) is 12.3. The number of benzene rings is 1. The minimum absolute atomic E-state index is 0.443. The molecule has 1 aromatic carbocycles. The molecule has 0 N–H and O–H groups in total. The Labute approximate surface area is 132 Å². The second-order valence-corrected chi connectivity index (χ2v) is 6.41. The van der Waals surface area contributed by atoms with E-state index in [9.17, 15) is 0 Å². The van der Waals surface area contributed by atoms with E-state index in [1.54, 1.807) is 24.8 Å². The molecule has 1 aliphatic rings. The van der Waals surface area contributed by atoms with Crippen molar-refractivity contribution in [2.24, 2.45) is 5.92 Å². The molecule has 0 fully saturated rings. The Morgan fingerprint density at radius 2 is 2.27 bits per heavy atom. The summed E-state index contributed by atoms with van der Waals surface area (Å²) in [5.41, 5.74) is 2.37. The van der Waals surface area contributed by atoms with E-state index in [-0.39, 0.29) is 0 Å². The predicted molar refractivity (Wildman–Crippen MR) is 86.8 cm³/mol. The number of thiophene rings is 1. The number of aromatic nitrogens is 2. The van der Waals surface area contributed by atoms with Gasteiger partial charge in [-0.2, -0.15) is 0 Å². The molecule has 3 aromatic rings. The van der Waals surface area contributed by atoms with E-state index in [0.29, 0.717) is 5.92 Å². The van der Waals surface area contributed by atoms with Crippen molar-refractivity contribution in [3.8, 4) is 11.5 Å². The van der Waals surface area contributed by atoms with Crippen LogP contribution in [-0.4, -0.2) is 23.7 Å². The van der Waals surface area contributed by atoms with Crippen LogP contribution in [0.5, 0.6) is 11.5 Å². The lowest BCUT2D eigenvalue weighted by molar-refractivity contribution is 0.220. The summed E-state index contributed by atoms with van der Waals surface area (Å²) in [4.78, 5) is 9.85. The first-order valence-corrected chi connectivity index (χ1v) is 8.18. The largest absolute Gasteiger partial charge is 0.497 e. The van der Waals surface area contributed by atoms with E-state index in [1.807, 2.05) is 12.1 Å². The highest BCUT2D eigenvalue weighted by molar-refractivity contribution is 7.16. The van der Waals surface area contributed by atoms with Crippen LogP contribution < -0.4 is 9.47 Å². The number of methoxy groups -OCH3 is 1. The number of rotatable bonds is 3. The first-order chi connectivity index (χ1) is 10.8. The van der Waals surface area contributed by atoms with Gasteiger partial charge in [0.05, 0.1) is 19.4 Å². The molecular weight excluding hydrogens is 296 g/mol. The molecule has 22 heavy (non-hydrogen) atoms. The van der Waals surface area contributed by atoms with Crippen molar-refractivity contribution in [3.05, 3.63) is 47.2 Å². The van der Waals surface area contributed by atoms with Crippen molar-refractivity contribution in [2.75, 3.05) is 13.7 Å². The lowest BCUT2D eigenvalue weighted by atomic mass is 9.92. The molecule has 4 rings (SSSR count). The summed E-state index contributed by atoms with van der Waals surface area (Å²) in [7, 11) is 1.68. The van der Waals surface area contributed by atoms with Crippen molar-refractivity contribution in [2.45, 2.75) is 12.8 Å². The summed E-state index contributed by atoms with van der Waals surface area (Å²) in [6.07, 6.45) is 3.59. The van der Waals surface area contributed by atoms with Gasteiger partial charge in [0.25, 0.3) is 0 Å². The Kier molecular flexibility index (Phi) is 3.42. The summed E-state index contributed by atoms with van der Waals surface area (Å²) in [6, 6.07) is 8.16. The molecule has 2 aromatic heterocycles. The van der Waals surface area contributed by atoms with Crippen LogP contribution in [0.1, 0.15) is 11.3 Å². The predicted octanol–water partition coefficient (Wildman–Crippen LogP) is 3.49. The maximum atomic E-state index is 5.92. The fraction of sp³-hybridized carbons (Fsp3) is 0.294. The van der Waals surface area contributed by atoms with Crippen molar-refractivity contribution < 1.29 is 9.47 Å². The van der Waals surface area contributed by atoms with Crippen molar-refractivity contribution in [1.29, 1.82) is 0 Å². The van der Waals surface area contributed by atoms with E-state index in [1.165, 1.54) is 10.9 Å². The lowest BCUT2D eigenvalue weighted by Crippen LogP contribution is -2.23. The van der Waals surface area contributed by atoms with Gasteiger partial charge in [-0.25, -0.2) is 9.97 Å². The number of nitrogens with zero attached hydrogens (tertiary/aromatic N) is 2. The van der Waals surface area contributed by atoms with Crippen molar-refractivity contribution >= 4 is 21.6 Å². The number of hydrogen-bond donors (Lipinski definition) is 0. The van der Waals surface area contributed by atoms with Crippen LogP contribution in [0.3, 0.4) is 0 Å². The average Bonchev–Trinajstić information content (AvgIpc) is 3.04. The van der Waals surface area contributed by atoms with Gasteiger partial charge < -0.3 is 9.47 Å². The minimum Gasteiger partial charge on any atom is -0.497 e. The first-order valence-electron chi connectivity index (χ1n) is 7.30. The highest BCUT2D eigenvalue weighted by Crippen LogP contribution is 2.32. The van der Waals surface area contributed by atoms with E-state index >= 15 is 0 Å². The second kappa shape index (κ2) is 5.57. The highest BCUT2D eigenvalue weighted by Gasteiger charge is 2.22. The summed E-state index contributed by atoms with van der Waals surface area (Å²) in [6.45, 7) is 0.718. The lowest BCUT2D eigenvalue weighted by Gasteiger charge is -2.25. The molecule has 3 heterocycles. The monoisotopic (exact) mass is 312 g/mol. The maximum absolute atomic E-state index is 5.92. The van der Waals surface area contributed by atoms with Crippen molar-refractivity contribution in [1.82, 2.24) is 9.97 Å². The van der Waals surface area contributed by atoms with Gasteiger partial charge in [-0.1, -0.05) is 6.07 Å². The van der Waals surface area contributed by atoms with Crippen LogP contribution in [0, 0.1) is 5.92 Å². The smallest absolute Gasteiger partial charge is 0.126 e. The minimum atomic E-state index is 0.443. The van der Waals surface area contributed by atoms with E-state index in [4.69, 9.17) is 9.47 Å². The Balaban J connectivity index is 1.56. The Morgan fingerprint density at radius 3 is 3.18 bits per heavy atom. The molecule has 0 radical (unpaired) electrons. The Morgan fingerprint density at radius 1 is 1.32 bits per heavy atom. The van der Waals surface area contributed by atoms with Crippen molar-refractivity contribution in [3.63, 3.8) is 0 Å². The maximum Gasteiger partial charge on any atom is 0.126 e. The highest BCUT2D eigenvalue weighted by atomic mass is 32.1. The topological polar surface area (TPSA) is 44.2 Å². The molecule has 0 saturated heterocycles. The summed E-state index contributed by atoms with van der Waals surface area (Å²) in [5, 5.41) is 3.25. The first kappa shape index (κ1) is 13.5. The number of fused-ring (bicyclic) bond motifs is 2. The third-order valence-electron chi connectivity index (χ3n) is 4.08. The normalized spacial score (nSPS) is 17.0. The molecule has 4 nitrogen and oxygen atoms in total. The quantitative estimate of drug-likeness (QED) is 0.742. The van der Waals surface area contributed by atoms with E-state index in [2.05, 4.69) is 27.5 Å². The Bertz CT molecular complexity index is 815. The summed E-state index contributed by atoms with van der Waals surface area (Å²) < 4.78 is 11.2. The van der Waals surface area contributed by atoms with Crippen LogP contribution in [0.2, 0.25) is 0 Å². The number of hydrogen-bond acceptors (Lipinski definition) is 5. The zero-order valence-corrected chi connectivity index (χ0v) is 13.1. The van der Waals surface area contributed by atoms with Crippen LogP contribution in [-0.2, 0) is 12.8 Å². The molecular formula is C17H16N2O2S. The standard InChI is InChI=1S/C17H16N2O2S/c1-20-13-3-2-12-6-11(9-21-16(12)8-13)7-15-14-4-5-22-17(14)19-10-18-15/h2-5,8,10-11H,6-7,9H2,1H3/t11-/m0/s1. The third kappa shape index (κ3) is 2.41. The van der Waals surface area contributed by atoms with Crippen LogP contribution >= 0.6 is 11.3 Å². The van der Waals surface area contributed by atoms with Gasteiger partial charge in [0.1, 0.15) is 22.7 Å². The summed E-state index contributed by atoms with van der Waals surface area (Å²) in [5.74, 6) is 2.23. The van der Waals surface area contributed by atoms with Crippen LogP contribution in [0.15, 0.2) is 36.0 Å². The molecule has 1 aliphatic heterocycles. The molecule has 0 bridgehead atoms. The summed E-state index contributed by atoms with van der Waals surface area (Å²) >= 11 is 1.66. The Hall–Kier alpha value is -2.14. The van der Waals surface area contributed by atoms with E-state index in [0.717, 1.165) is 41.5 Å². The van der Waals surface area contributed by atoms with Crippen LogP contribution in [0.25, 0.3) is 10.2 Å². The third-order valence-corrected chi connectivity index (χ3v) is 4.90.